The van der Waals surface area contributed by atoms with E-state index in [-0.39, 0.29) is 12.1 Å². The fourth-order valence-electron chi connectivity index (χ4n) is 4.22. The van der Waals surface area contributed by atoms with Gasteiger partial charge in [0, 0.05) is 37.5 Å². The summed E-state index contributed by atoms with van der Waals surface area (Å²) in [5.41, 5.74) is 5.53. The monoisotopic (exact) mass is 486 g/mol. The van der Waals surface area contributed by atoms with Crippen LogP contribution in [0.3, 0.4) is 0 Å². The van der Waals surface area contributed by atoms with Gasteiger partial charge in [0.25, 0.3) is 0 Å². The number of rotatable bonds is 3. The number of nitrogens with zero attached hydrogens (tertiary/aromatic N) is 2. The van der Waals surface area contributed by atoms with Gasteiger partial charge >= 0.3 is 0 Å². The molecule has 192 valence electrons. The second kappa shape index (κ2) is 12.9. The van der Waals surface area contributed by atoms with Crippen LogP contribution in [0.2, 0.25) is 0 Å². The summed E-state index contributed by atoms with van der Waals surface area (Å²) >= 11 is 0. The van der Waals surface area contributed by atoms with E-state index in [9.17, 15) is 13.9 Å². The van der Waals surface area contributed by atoms with E-state index in [1.165, 1.54) is 11.6 Å². The fourth-order valence-corrected chi connectivity index (χ4v) is 4.22. The number of aliphatic imine (C=N–C) groups is 1. The van der Waals surface area contributed by atoms with E-state index in [0.29, 0.717) is 30.5 Å². The van der Waals surface area contributed by atoms with Crippen LogP contribution in [0.4, 0.5) is 8.78 Å². The largest absolute Gasteiger partial charge is 0.484 e. The molecule has 0 spiro atoms. The molecule has 1 N–H and O–H groups in total. The van der Waals surface area contributed by atoms with Crippen LogP contribution in [0.25, 0.3) is 0 Å². The van der Waals surface area contributed by atoms with E-state index in [2.05, 4.69) is 16.5 Å². The molecule has 2 aliphatic rings. The zero-order chi connectivity index (χ0) is 26.3. The van der Waals surface area contributed by atoms with Gasteiger partial charge in [-0.3, -0.25) is 9.89 Å². The van der Waals surface area contributed by atoms with Crippen molar-refractivity contribution in [2.45, 2.75) is 72.6 Å². The second-order valence-electron chi connectivity index (χ2n) is 9.85. The number of benzene rings is 2. The van der Waals surface area contributed by atoms with Gasteiger partial charge < -0.3 is 9.84 Å². The summed E-state index contributed by atoms with van der Waals surface area (Å²) in [5.74, 6) is -0.378. The van der Waals surface area contributed by atoms with Crippen LogP contribution in [0.1, 0.15) is 62.5 Å². The first kappa shape index (κ1) is 28.7. The topological polar surface area (TPSA) is 45.1 Å². The van der Waals surface area contributed by atoms with Crippen LogP contribution in [0, 0.1) is 25.5 Å². The normalized spacial score (nSPS) is 20.7. The molecule has 3 atom stereocenters. The van der Waals surface area contributed by atoms with Crippen LogP contribution in [-0.4, -0.2) is 48.0 Å². The molecular weight excluding hydrogens is 446 g/mol. The molecule has 1 heterocycles. The molecule has 4 rings (SSSR count). The molecule has 2 aromatic rings. The number of halogens is 2. The lowest BCUT2D eigenvalue weighted by molar-refractivity contribution is 0.0812. The van der Waals surface area contributed by atoms with E-state index >= 15 is 0 Å². The maximum atomic E-state index is 14.4. The third-order valence-corrected chi connectivity index (χ3v) is 5.96. The quantitative estimate of drug-likeness (QED) is 0.405. The van der Waals surface area contributed by atoms with Crippen LogP contribution in [0.5, 0.6) is 5.75 Å². The van der Waals surface area contributed by atoms with Crippen molar-refractivity contribution >= 4 is 5.71 Å². The number of aryl methyl sites for hydroxylation is 2. The lowest BCUT2D eigenvalue weighted by Crippen LogP contribution is -2.39. The van der Waals surface area contributed by atoms with Gasteiger partial charge in [-0.2, -0.15) is 0 Å². The highest BCUT2D eigenvalue weighted by atomic mass is 19.1. The van der Waals surface area contributed by atoms with E-state index in [1.54, 1.807) is 7.05 Å². The number of fused-ring (bicyclic) bond motifs is 1. The predicted molar refractivity (Wildman–Crippen MR) is 141 cm³/mol. The van der Waals surface area contributed by atoms with Crippen LogP contribution < -0.4 is 4.74 Å². The Morgan fingerprint density at radius 2 is 1.74 bits per heavy atom. The molecular formula is C29H40F2N2O2. The van der Waals surface area contributed by atoms with E-state index in [1.807, 2.05) is 59.7 Å². The van der Waals surface area contributed by atoms with Crippen molar-refractivity contribution in [3.8, 4) is 5.75 Å². The molecule has 1 fully saturated rings. The van der Waals surface area contributed by atoms with Crippen LogP contribution in [0.15, 0.2) is 47.5 Å². The lowest BCUT2D eigenvalue weighted by Gasteiger charge is -2.30. The third-order valence-electron chi connectivity index (χ3n) is 5.96. The molecule has 1 saturated heterocycles. The number of hydrogen-bond acceptors (Lipinski definition) is 4. The first-order valence-electron chi connectivity index (χ1n) is 12.1. The first-order valence-corrected chi connectivity index (χ1v) is 12.1. The minimum absolute atomic E-state index is 0.112. The SMILES string of the molecule is C=C(C)C.CN=C(C)C.Cc1ccc(O[C@H]2c3cc(F)cc(F)c3CC2N2CCC(O)C2)c(C)c1. The van der Waals surface area contributed by atoms with E-state index < -0.39 is 17.7 Å². The number of ether oxygens (including phenoxy) is 1. The number of aliphatic hydroxyl groups excluding tert-OH is 1. The number of β-amino-alcohol motifs (C(OH)–C–C–N with tert-alkyl or cyclic N) is 1. The average Bonchev–Trinajstić information content (AvgIpc) is 3.34. The standard InChI is InChI=1S/C21H23F2NO2.C4H9N.C4H8/c1-12-3-4-20(13(2)7-12)26-21-17-8-14(22)9-18(23)16(17)10-19(21)24-6-5-15(25)11-24;1-4(2)5-3;1-4(2)3/h3-4,7-9,15,19,21,25H,5-6,10-11H2,1-2H3;1-3H3;1H2,2-3H3/t15?,19?,21-;;/m0../s1. The minimum atomic E-state index is -0.586. The molecule has 35 heavy (non-hydrogen) atoms. The van der Waals surface area contributed by atoms with Gasteiger partial charge in [-0.1, -0.05) is 23.3 Å². The lowest BCUT2D eigenvalue weighted by atomic mass is 10.1. The molecule has 1 aliphatic carbocycles. The van der Waals surface area contributed by atoms with Gasteiger partial charge in [-0.05, 0) is 77.6 Å². The van der Waals surface area contributed by atoms with Gasteiger partial charge in [0.05, 0.1) is 12.1 Å². The molecule has 6 heteroatoms. The summed E-state index contributed by atoms with van der Waals surface area (Å²) in [7, 11) is 1.79. The third kappa shape index (κ3) is 8.25. The van der Waals surface area contributed by atoms with Crippen molar-refractivity contribution in [2.75, 3.05) is 20.1 Å². The second-order valence-corrected chi connectivity index (χ2v) is 9.85. The summed E-state index contributed by atoms with van der Waals surface area (Å²) < 4.78 is 34.6. The zero-order valence-electron chi connectivity index (χ0n) is 22.2. The summed E-state index contributed by atoms with van der Waals surface area (Å²) in [5, 5.41) is 9.91. The number of hydrogen-bond donors (Lipinski definition) is 1. The molecule has 0 amide bonds. The minimum Gasteiger partial charge on any atom is -0.484 e. The van der Waals surface area contributed by atoms with Gasteiger partial charge in [0.15, 0.2) is 0 Å². The number of aliphatic hydroxyl groups is 1. The summed E-state index contributed by atoms with van der Waals surface area (Å²) in [6.45, 7) is 16.7. The Morgan fingerprint density at radius 1 is 1.11 bits per heavy atom. The van der Waals surface area contributed by atoms with Crippen LogP contribution >= 0.6 is 0 Å². The Balaban J connectivity index is 0.000000414. The average molecular weight is 487 g/mol. The molecule has 0 saturated carbocycles. The van der Waals surface area contributed by atoms with Crippen molar-refractivity contribution in [2.24, 2.45) is 4.99 Å². The van der Waals surface area contributed by atoms with Gasteiger partial charge in [-0.15, -0.1) is 6.58 Å². The Hall–Kier alpha value is -2.57. The highest BCUT2D eigenvalue weighted by Crippen LogP contribution is 2.41. The zero-order valence-corrected chi connectivity index (χ0v) is 22.2. The van der Waals surface area contributed by atoms with Gasteiger partial charge in [0.2, 0.25) is 0 Å². The summed E-state index contributed by atoms with van der Waals surface area (Å²) in [6, 6.07) is 8.13. The molecule has 0 bridgehead atoms. The smallest absolute Gasteiger partial charge is 0.140 e. The molecule has 4 nitrogen and oxygen atoms in total. The Bertz CT molecular complexity index is 1040. The maximum Gasteiger partial charge on any atom is 0.140 e. The summed E-state index contributed by atoms with van der Waals surface area (Å²) in [4.78, 5) is 5.94. The highest BCUT2D eigenvalue weighted by molar-refractivity contribution is 5.78. The Kier molecular flexibility index (Phi) is 10.6. The number of allylic oxidation sites excluding steroid dienone is 1. The first-order chi connectivity index (χ1) is 16.4. The molecule has 0 radical (unpaired) electrons. The van der Waals surface area contributed by atoms with Crippen molar-refractivity contribution in [1.82, 2.24) is 4.90 Å². The van der Waals surface area contributed by atoms with Gasteiger partial charge in [0.1, 0.15) is 23.5 Å². The molecule has 1 aliphatic heterocycles. The molecule has 2 unspecified atom stereocenters. The molecule has 0 aromatic heterocycles. The fraction of sp³-hybridized carbons (Fsp3) is 0.483. The van der Waals surface area contributed by atoms with Crippen molar-refractivity contribution < 1.29 is 18.6 Å². The maximum absolute atomic E-state index is 14.4. The summed E-state index contributed by atoms with van der Waals surface area (Å²) in [6.07, 6.45) is 0.327. The predicted octanol–water partition coefficient (Wildman–Crippen LogP) is 6.37. The van der Waals surface area contributed by atoms with Crippen molar-refractivity contribution in [3.63, 3.8) is 0 Å². The van der Waals surface area contributed by atoms with Crippen molar-refractivity contribution in [3.05, 3.63) is 76.4 Å². The van der Waals surface area contributed by atoms with E-state index in [0.717, 1.165) is 35.2 Å². The Morgan fingerprint density at radius 3 is 2.26 bits per heavy atom. The Labute approximate surface area is 209 Å². The van der Waals surface area contributed by atoms with Crippen molar-refractivity contribution in [1.29, 1.82) is 0 Å². The number of likely N-dealkylation sites (tertiary alicyclic amines) is 1. The van der Waals surface area contributed by atoms with Crippen LogP contribution in [-0.2, 0) is 6.42 Å². The van der Waals surface area contributed by atoms with E-state index in [4.69, 9.17) is 4.74 Å². The van der Waals surface area contributed by atoms with Gasteiger partial charge in [-0.25, -0.2) is 8.78 Å². The molecule has 2 aromatic carbocycles. The highest BCUT2D eigenvalue weighted by Gasteiger charge is 2.42.